The predicted octanol–water partition coefficient (Wildman–Crippen LogP) is 1.71. The molecule has 0 saturated heterocycles. The number of aryl methyl sites for hydroxylation is 1. The molecule has 0 atom stereocenters. The zero-order chi connectivity index (χ0) is 11.1. The third-order valence-corrected chi connectivity index (χ3v) is 2.06. The maximum absolute atomic E-state index is 8.73. The van der Waals surface area contributed by atoms with Crippen LogP contribution in [0.2, 0.25) is 0 Å². The molecule has 15 heavy (non-hydrogen) atoms. The third-order valence-electron chi connectivity index (χ3n) is 2.06. The van der Waals surface area contributed by atoms with Gasteiger partial charge >= 0.3 is 0 Å². The lowest BCUT2D eigenvalue weighted by Crippen LogP contribution is -2.06. The summed E-state index contributed by atoms with van der Waals surface area (Å²) < 4.78 is 4.94. The lowest BCUT2D eigenvalue weighted by atomic mass is 10.2. The molecule has 0 aliphatic heterocycles. The Balaban J connectivity index is 2.49. The number of nitrogens with zero attached hydrogens (tertiary/aromatic N) is 2. The van der Waals surface area contributed by atoms with E-state index in [0.717, 1.165) is 31.0 Å². The molecule has 0 spiro atoms. The van der Waals surface area contributed by atoms with Gasteiger partial charge in [0.25, 0.3) is 0 Å². The molecule has 0 amide bonds. The highest BCUT2D eigenvalue weighted by Gasteiger charge is 1.99. The average molecular weight is 205 g/mol. The van der Waals surface area contributed by atoms with Crippen molar-refractivity contribution in [1.82, 2.24) is 4.98 Å². The van der Waals surface area contributed by atoms with Crippen LogP contribution in [0, 0.1) is 18.3 Å². The molecule has 0 unspecified atom stereocenters. The number of pyridine rings is 1. The number of hydrogen-bond donors (Lipinski definition) is 1. The molecule has 1 N–H and O–H groups in total. The van der Waals surface area contributed by atoms with Gasteiger partial charge in [0.05, 0.1) is 5.56 Å². The summed E-state index contributed by atoms with van der Waals surface area (Å²) >= 11 is 0. The van der Waals surface area contributed by atoms with E-state index in [1.807, 2.05) is 13.0 Å². The van der Waals surface area contributed by atoms with Crippen molar-refractivity contribution in [3.05, 3.63) is 23.4 Å². The van der Waals surface area contributed by atoms with E-state index in [4.69, 9.17) is 10.00 Å². The van der Waals surface area contributed by atoms with Crippen LogP contribution in [-0.2, 0) is 4.74 Å². The maximum Gasteiger partial charge on any atom is 0.126 e. The van der Waals surface area contributed by atoms with Crippen LogP contribution >= 0.6 is 0 Å². The number of hydrogen-bond acceptors (Lipinski definition) is 4. The standard InChI is InChI=1S/C11H15N3O/c1-9-6-11(13-4-3-5-15-2)14-8-10(9)7-12/h6,8H,3-5H2,1-2H3,(H,13,14). The third kappa shape index (κ3) is 3.56. The molecule has 0 aromatic carbocycles. The number of nitriles is 1. The van der Waals surface area contributed by atoms with Gasteiger partial charge in [-0.25, -0.2) is 4.98 Å². The van der Waals surface area contributed by atoms with Gasteiger partial charge in [-0.3, -0.25) is 0 Å². The second kappa shape index (κ2) is 5.99. The van der Waals surface area contributed by atoms with Crippen LogP contribution in [-0.4, -0.2) is 25.2 Å². The first-order valence-corrected chi connectivity index (χ1v) is 4.87. The van der Waals surface area contributed by atoms with Crippen molar-refractivity contribution in [3.8, 4) is 6.07 Å². The molecule has 80 valence electrons. The molecule has 0 aliphatic rings. The Bertz CT molecular complexity index is 357. The fourth-order valence-electron chi connectivity index (χ4n) is 1.20. The monoisotopic (exact) mass is 205 g/mol. The molecule has 1 rings (SSSR count). The van der Waals surface area contributed by atoms with Crippen molar-refractivity contribution >= 4 is 5.82 Å². The minimum atomic E-state index is 0.623. The van der Waals surface area contributed by atoms with Gasteiger partial charge in [-0.1, -0.05) is 0 Å². The molecule has 1 aromatic rings. The summed E-state index contributed by atoms with van der Waals surface area (Å²) in [4.78, 5) is 4.13. The van der Waals surface area contributed by atoms with Crippen LogP contribution in [0.4, 0.5) is 5.82 Å². The summed E-state index contributed by atoms with van der Waals surface area (Å²) in [6.07, 6.45) is 2.53. The first-order valence-electron chi connectivity index (χ1n) is 4.87. The highest BCUT2D eigenvalue weighted by molar-refractivity contribution is 5.44. The molecular formula is C11H15N3O. The fraction of sp³-hybridized carbons (Fsp3) is 0.455. The highest BCUT2D eigenvalue weighted by Crippen LogP contribution is 2.10. The van der Waals surface area contributed by atoms with E-state index in [-0.39, 0.29) is 0 Å². The quantitative estimate of drug-likeness (QED) is 0.743. The Morgan fingerprint density at radius 2 is 2.40 bits per heavy atom. The second-order valence-electron chi connectivity index (χ2n) is 3.27. The summed E-state index contributed by atoms with van der Waals surface area (Å²) in [7, 11) is 1.68. The van der Waals surface area contributed by atoms with Crippen molar-refractivity contribution in [2.75, 3.05) is 25.6 Å². The predicted molar refractivity (Wildman–Crippen MR) is 58.7 cm³/mol. The lowest BCUT2D eigenvalue weighted by molar-refractivity contribution is 0.198. The van der Waals surface area contributed by atoms with Gasteiger partial charge in [0.2, 0.25) is 0 Å². The lowest BCUT2D eigenvalue weighted by Gasteiger charge is -2.06. The Morgan fingerprint density at radius 3 is 3.00 bits per heavy atom. The zero-order valence-corrected chi connectivity index (χ0v) is 9.08. The second-order valence-corrected chi connectivity index (χ2v) is 3.27. The topological polar surface area (TPSA) is 57.9 Å². The van der Waals surface area contributed by atoms with E-state index in [2.05, 4.69) is 16.4 Å². The van der Waals surface area contributed by atoms with E-state index < -0.39 is 0 Å². The molecule has 4 nitrogen and oxygen atoms in total. The minimum absolute atomic E-state index is 0.623. The van der Waals surface area contributed by atoms with Gasteiger partial charge in [-0.2, -0.15) is 5.26 Å². The maximum atomic E-state index is 8.73. The largest absolute Gasteiger partial charge is 0.385 e. The van der Waals surface area contributed by atoms with Crippen LogP contribution in [0.5, 0.6) is 0 Å². The van der Waals surface area contributed by atoms with Crippen LogP contribution in [0.15, 0.2) is 12.3 Å². The van der Waals surface area contributed by atoms with Gasteiger partial charge in [-0.05, 0) is 25.0 Å². The first-order chi connectivity index (χ1) is 7.27. The molecule has 0 bridgehead atoms. The summed E-state index contributed by atoms with van der Waals surface area (Å²) in [6, 6.07) is 3.97. The van der Waals surface area contributed by atoms with E-state index in [0.29, 0.717) is 5.56 Å². The summed E-state index contributed by atoms with van der Waals surface area (Å²) in [6.45, 7) is 3.47. The van der Waals surface area contributed by atoms with Crippen molar-refractivity contribution in [3.63, 3.8) is 0 Å². The minimum Gasteiger partial charge on any atom is -0.385 e. The molecular weight excluding hydrogens is 190 g/mol. The number of nitrogens with one attached hydrogen (secondary N) is 1. The molecule has 4 heteroatoms. The number of rotatable bonds is 5. The van der Waals surface area contributed by atoms with Gasteiger partial charge in [-0.15, -0.1) is 0 Å². The Hall–Kier alpha value is -1.60. The molecule has 0 radical (unpaired) electrons. The highest BCUT2D eigenvalue weighted by atomic mass is 16.5. The van der Waals surface area contributed by atoms with E-state index in [9.17, 15) is 0 Å². The molecule has 1 aromatic heterocycles. The van der Waals surface area contributed by atoms with E-state index in [1.54, 1.807) is 13.3 Å². The van der Waals surface area contributed by atoms with Crippen molar-refractivity contribution in [1.29, 1.82) is 5.26 Å². The molecule has 0 saturated carbocycles. The van der Waals surface area contributed by atoms with Crippen molar-refractivity contribution in [2.45, 2.75) is 13.3 Å². The van der Waals surface area contributed by atoms with Gasteiger partial charge < -0.3 is 10.1 Å². The molecule has 1 heterocycles. The van der Waals surface area contributed by atoms with E-state index >= 15 is 0 Å². The first kappa shape index (κ1) is 11.5. The SMILES string of the molecule is COCCCNc1cc(C)c(C#N)cn1. The van der Waals surface area contributed by atoms with Crippen molar-refractivity contribution < 1.29 is 4.74 Å². The Labute approximate surface area is 89.9 Å². The van der Waals surface area contributed by atoms with Crippen molar-refractivity contribution in [2.24, 2.45) is 0 Å². The number of aromatic nitrogens is 1. The summed E-state index contributed by atoms with van der Waals surface area (Å²) in [5.74, 6) is 0.808. The van der Waals surface area contributed by atoms with Gasteiger partial charge in [0.15, 0.2) is 0 Å². The number of ether oxygens (including phenoxy) is 1. The van der Waals surface area contributed by atoms with Gasteiger partial charge in [0, 0.05) is 26.5 Å². The van der Waals surface area contributed by atoms with Crippen LogP contribution in [0.1, 0.15) is 17.5 Å². The Morgan fingerprint density at radius 1 is 1.60 bits per heavy atom. The fourth-order valence-corrected chi connectivity index (χ4v) is 1.20. The number of anilines is 1. The smallest absolute Gasteiger partial charge is 0.126 e. The van der Waals surface area contributed by atoms with Crippen LogP contribution in [0.3, 0.4) is 0 Å². The Kier molecular flexibility index (Phi) is 4.58. The van der Waals surface area contributed by atoms with E-state index in [1.165, 1.54) is 0 Å². The number of methoxy groups -OCH3 is 1. The molecule has 0 aliphatic carbocycles. The van der Waals surface area contributed by atoms with Crippen LogP contribution < -0.4 is 5.32 Å². The molecule has 0 fully saturated rings. The normalized spacial score (nSPS) is 9.67. The zero-order valence-electron chi connectivity index (χ0n) is 9.08. The summed E-state index contributed by atoms with van der Waals surface area (Å²) in [5.41, 5.74) is 1.57. The summed E-state index contributed by atoms with van der Waals surface area (Å²) in [5, 5.41) is 11.9. The van der Waals surface area contributed by atoms with Crippen LogP contribution in [0.25, 0.3) is 0 Å². The average Bonchev–Trinajstić information content (AvgIpc) is 2.25. The van der Waals surface area contributed by atoms with Gasteiger partial charge in [0.1, 0.15) is 11.9 Å².